The number of hydrogen-bond acceptors (Lipinski definition) is 4. The third-order valence-corrected chi connectivity index (χ3v) is 2.03. The van der Waals surface area contributed by atoms with Gasteiger partial charge in [0.1, 0.15) is 0 Å². The lowest BCUT2D eigenvalue weighted by Gasteiger charge is -1.98. The molecule has 0 spiro atoms. The molecule has 0 aliphatic carbocycles. The number of hydrogen-bond donors (Lipinski definition) is 3. The van der Waals surface area contributed by atoms with E-state index in [9.17, 15) is 0 Å². The molecule has 5 heteroatoms. The smallest absolute Gasteiger partial charge is 0.294 e. The number of nitrogens with zero attached hydrogens (tertiary/aromatic N) is 1. The molecular weight excluding hydrogens is 194 g/mol. The number of imidazole rings is 1. The second kappa shape index (κ2) is 4.18. The quantitative estimate of drug-likeness (QED) is 0.514. The van der Waals surface area contributed by atoms with Gasteiger partial charge in [-0.1, -0.05) is 0 Å². The van der Waals surface area contributed by atoms with Crippen LogP contribution in [-0.2, 0) is 0 Å². The average Bonchev–Trinajstić information content (AvgIpc) is 2.60. The molecule has 1 heterocycles. The van der Waals surface area contributed by atoms with Crippen molar-refractivity contribution in [3.8, 4) is 6.01 Å². The van der Waals surface area contributed by atoms with Crippen molar-refractivity contribution in [2.75, 3.05) is 18.9 Å². The maximum absolute atomic E-state index is 8.59. The van der Waals surface area contributed by atoms with E-state index in [4.69, 9.17) is 15.6 Å². The summed E-state index contributed by atoms with van der Waals surface area (Å²) in [7, 11) is 0. The average molecular weight is 207 g/mol. The van der Waals surface area contributed by atoms with Crippen LogP contribution in [0.4, 0.5) is 5.69 Å². The third kappa shape index (κ3) is 2.19. The number of aliphatic hydroxyl groups is 1. The highest BCUT2D eigenvalue weighted by atomic mass is 16.5. The number of nitrogen functional groups attached to an aromatic ring is 1. The molecule has 2 rings (SSSR count). The van der Waals surface area contributed by atoms with Crippen LogP contribution in [0.15, 0.2) is 18.2 Å². The standard InChI is InChI=1S/C10H13N3O2/c11-7-2-3-8-9(6-7)13-10(12-8)15-5-1-4-14/h2-3,6,14H,1,4-5,11H2,(H,12,13). The molecule has 0 fully saturated rings. The number of nitrogens with one attached hydrogen (secondary N) is 1. The van der Waals surface area contributed by atoms with Gasteiger partial charge in [0.15, 0.2) is 0 Å². The monoisotopic (exact) mass is 207 g/mol. The molecule has 1 aromatic carbocycles. The van der Waals surface area contributed by atoms with Crippen molar-refractivity contribution in [3.63, 3.8) is 0 Å². The lowest BCUT2D eigenvalue weighted by atomic mass is 10.3. The second-order valence-corrected chi connectivity index (χ2v) is 3.24. The Morgan fingerprint density at radius 1 is 1.47 bits per heavy atom. The first-order chi connectivity index (χ1) is 7.29. The molecule has 0 aliphatic heterocycles. The SMILES string of the molecule is Nc1ccc2nc(OCCCO)[nH]c2c1. The summed E-state index contributed by atoms with van der Waals surface area (Å²) in [6, 6.07) is 5.89. The molecule has 0 saturated carbocycles. The van der Waals surface area contributed by atoms with Crippen LogP contribution in [0.25, 0.3) is 11.0 Å². The number of rotatable bonds is 4. The predicted molar refractivity (Wildman–Crippen MR) is 57.7 cm³/mol. The fourth-order valence-electron chi connectivity index (χ4n) is 1.31. The molecule has 0 aliphatic rings. The summed E-state index contributed by atoms with van der Waals surface area (Å²) in [6.45, 7) is 0.568. The summed E-state index contributed by atoms with van der Waals surface area (Å²) in [5.41, 5.74) is 8.00. The highest BCUT2D eigenvalue weighted by Gasteiger charge is 2.03. The fourth-order valence-corrected chi connectivity index (χ4v) is 1.31. The molecule has 5 nitrogen and oxygen atoms in total. The zero-order chi connectivity index (χ0) is 10.7. The van der Waals surface area contributed by atoms with E-state index < -0.39 is 0 Å². The molecule has 0 atom stereocenters. The van der Waals surface area contributed by atoms with Gasteiger partial charge in [0.25, 0.3) is 6.01 Å². The first-order valence-electron chi connectivity index (χ1n) is 4.78. The Bertz CT molecular complexity index is 453. The number of fused-ring (bicyclic) bond motifs is 1. The molecule has 1 aromatic heterocycles. The van der Waals surface area contributed by atoms with E-state index in [1.54, 1.807) is 12.1 Å². The van der Waals surface area contributed by atoms with Crippen molar-refractivity contribution in [2.24, 2.45) is 0 Å². The Balaban J connectivity index is 2.16. The number of ether oxygens (including phenoxy) is 1. The highest BCUT2D eigenvalue weighted by molar-refractivity contribution is 5.79. The Labute approximate surface area is 86.9 Å². The highest BCUT2D eigenvalue weighted by Crippen LogP contribution is 2.18. The van der Waals surface area contributed by atoms with E-state index >= 15 is 0 Å². The molecular formula is C10H13N3O2. The third-order valence-electron chi connectivity index (χ3n) is 2.03. The first kappa shape index (κ1) is 9.79. The number of aromatic nitrogens is 2. The minimum absolute atomic E-state index is 0.118. The summed E-state index contributed by atoms with van der Waals surface area (Å²) < 4.78 is 5.30. The van der Waals surface area contributed by atoms with Crippen molar-refractivity contribution in [1.82, 2.24) is 9.97 Å². The van der Waals surface area contributed by atoms with Crippen molar-refractivity contribution >= 4 is 16.7 Å². The lowest BCUT2D eigenvalue weighted by Crippen LogP contribution is -2.00. The summed E-state index contributed by atoms with van der Waals surface area (Å²) in [5, 5.41) is 8.59. The van der Waals surface area contributed by atoms with Crippen LogP contribution in [-0.4, -0.2) is 28.3 Å². The van der Waals surface area contributed by atoms with Crippen LogP contribution in [0.3, 0.4) is 0 Å². The Hall–Kier alpha value is -1.75. The minimum atomic E-state index is 0.118. The van der Waals surface area contributed by atoms with Crippen molar-refractivity contribution in [3.05, 3.63) is 18.2 Å². The van der Waals surface area contributed by atoms with Crippen LogP contribution in [0, 0.1) is 0 Å². The number of aromatic amines is 1. The molecule has 0 saturated heterocycles. The Kier molecular flexibility index (Phi) is 2.73. The van der Waals surface area contributed by atoms with E-state index in [-0.39, 0.29) is 6.61 Å². The maximum atomic E-state index is 8.59. The van der Waals surface area contributed by atoms with E-state index in [2.05, 4.69) is 9.97 Å². The molecule has 4 N–H and O–H groups in total. The fraction of sp³-hybridized carbons (Fsp3) is 0.300. The van der Waals surface area contributed by atoms with E-state index in [1.165, 1.54) is 0 Å². The molecule has 0 radical (unpaired) electrons. The zero-order valence-corrected chi connectivity index (χ0v) is 8.23. The maximum Gasteiger partial charge on any atom is 0.294 e. The molecule has 0 amide bonds. The van der Waals surface area contributed by atoms with E-state index in [1.807, 2.05) is 6.07 Å². The van der Waals surface area contributed by atoms with Gasteiger partial charge in [-0.15, -0.1) is 0 Å². The molecule has 80 valence electrons. The van der Waals surface area contributed by atoms with Gasteiger partial charge in [0, 0.05) is 18.7 Å². The van der Waals surface area contributed by atoms with Crippen LogP contribution >= 0.6 is 0 Å². The van der Waals surface area contributed by atoms with E-state index in [0.29, 0.717) is 24.7 Å². The van der Waals surface area contributed by atoms with Gasteiger partial charge in [0.05, 0.1) is 17.6 Å². The van der Waals surface area contributed by atoms with Gasteiger partial charge in [-0.05, 0) is 18.2 Å². The van der Waals surface area contributed by atoms with Crippen molar-refractivity contribution in [1.29, 1.82) is 0 Å². The van der Waals surface area contributed by atoms with Crippen LogP contribution in [0.5, 0.6) is 6.01 Å². The number of H-pyrrole nitrogens is 1. The summed E-state index contributed by atoms with van der Waals surface area (Å²) in [6.07, 6.45) is 0.596. The molecule has 2 aromatic rings. The van der Waals surface area contributed by atoms with Crippen molar-refractivity contribution in [2.45, 2.75) is 6.42 Å². The van der Waals surface area contributed by atoms with Gasteiger partial charge in [-0.25, -0.2) is 0 Å². The van der Waals surface area contributed by atoms with E-state index in [0.717, 1.165) is 11.0 Å². The molecule has 0 unspecified atom stereocenters. The first-order valence-corrected chi connectivity index (χ1v) is 4.78. The summed E-state index contributed by atoms with van der Waals surface area (Å²) >= 11 is 0. The number of anilines is 1. The summed E-state index contributed by atoms with van der Waals surface area (Å²) in [4.78, 5) is 7.21. The molecule has 0 bridgehead atoms. The van der Waals surface area contributed by atoms with Gasteiger partial charge in [0.2, 0.25) is 0 Å². The molecule has 15 heavy (non-hydrogen) atoms. The number of nitrogens with two attached hydrogens (primary N) is 1. The number of aliphatic hydroxyl groups excluding tert-OH is 1. The summed E-state index contributed by atoms with van der Waals surface area (Å²) in [5.74, 6) is 0. The van der Waals surface area contributed by atoms with Crippen molar-refractivity contribution < 1.29 is 9.84 Å². The Morgan fingerprint density at radius 3 is 3.13 bits per heavy atom. The van der Waals surface area contributed by atoms with Gasteiger partial charge in [-0.2, -0.15) is 4.98 Å². The topological polar surface area (TPSA) is 84.2 Å². The van der Waals surface area contributed by atoms with Crippen LogP contribution in [0.1, 0.15) is 6.42 Å². The normalized spacial score (nSPS) is 10.7. The second-order valence-electron chi connectivity index (χ2n) is 3.24. The predicted octanol–water partition coefficient (Wildman–Crippen LogP) is 0.906. The van der Waals surface area contributed by atoms with Gasteiger partial charge >= 0.3 is 0 Å². The van der Waals surface area contributed by atoms with Crippen LogP contribution in [0.2, 0.25) is 0 Å². The Morgan fingerprint density at radius 2 is 2.33 bits per heavy atom. The largest absolute Gasteiger partial charge is 0.465 e. The van der Waals surface area contributed by atoms with Crippen LogP contribution < -0.4 is 10.5 Å². The minimum Gasteiger partial charge on any atom is -0.465 e. The van der Waals surface area contributed by atoms with Gasteiger partial charge < -0.3 is 20.6 Å². The van der Waals surface area contributed by atoms with Gasteiger partial charge in [-0.3, -0.25) is 0 Å². The number of benzene rings is 1. The lowest BCUT2D eigenvalue weighted by molar-refractivity contribution is 0.225. The zero-order valence-electron chi connectivity index (χ0n) is 8.23.